The van der Waals surface area contributed by atoms with Crippen molar-refractivity contribution in [1.82, 2.24) is 0 Å². The van der Waals surface area contributed by atoms with Gasteiger partial charge in [0.1, 0.15) is 23.0 Å². The normalized spacial score (nSPS) is 10.7. The van der Waals surface area contributed by atoms with Crippen molar-refractivity contribution in [2.45, 2.75) is 13.8 Å². The van der Waals surface area contributed by atoms with Crippen molar-refractivity contribution in [3.8, 4) is 23.0 Å². The fraction of sp³-hybridized carbons (Fsp3) is 0.0625. The highest BCUT2D eigenvalue weighted by atomic mass is 127. The van der Waals surface area contributed by atoms with Crippen LogP contribution in [0.1, 0.15) is 11.1 Å². The standard InChI is InChI=1S/C32H26I2O2/c1-23-3-7-25(8-4-23)33-27-11-15-29(16-12-27)35-31-19-21-32(22-20-31)36-30-17-13-28(14-18-30)34-26-9-5-24(2)6-10-26/h3-22H,1-2H3/q+2. The summed E-state index contributed by atoms with van der Waals surface area (Å²) in [6.07, 6.45) is 0. The third kappa shape index (κ3) is 7.11. The summed E-state index contributed by atoms with van der Waals surface area (Å²) in [7, 11) is 0. The molecule has 5 rings (SSSR count). The second kappa shape index (κ2) is 11.9. The number of hydrogen-bond acceptors (Lipinski definition) is 2. The summed E-state index contributed by atoms with van der Waals surface area (Å²) in [6.45, 7) is 4.25. The van der Waals surface area contributed by atoms with E-state index >= 15 is 0 Å². The van der Waals surface area contributed by atoms with Crippen LogP contribution in [0.15, 0.2) is 121 Å². The minimum atomic E-state index is -0.174. The molecule has 0 fully saturated rings. The molecule has 0 aliphatic heterocycles. The molecule has 0 atom stereocenters. The molecule has 4 heteroatoms. The van der Waals surface area contributed by atoms with Crippen LogP contribution in [0.2, 0.25) is 0 Å². The highest BCUT2D eigenvalue weighted by Gasteiger charge is 2.16. The first kappa shape index (κ1) is 24.8. The number of benzene rings is 5. The molecule has 0 spiro atoms. The molecule has 5 aromatic rings. The van der Waals surface area contributed by atoms with Crippen LogP contribution in [0.3, 0.4) is 0 Å². The van der Waals surface area contributed by atoms with Gasteiger partial charge in [0.2, 0.25) is 0 Å². The fourth-order valence-electron chi connectivity index (χ4n) is 3.42. The van der Waals surface area contributed by atoms with Gasteiger partial charge in [0.15, 0.2) is 14.3 Å². The molecule has 0 aliphatic rings. The van der Waals surface area contributed by atoms with E-state index in [9.17, 15) is 0 Å². The van der Waals surface area contributed by atoms with E-state index in [4.69, 9.17) is 9.47 Å². The van der Waals surface area contributed by atoms with Gasteiger partial charge in [0, 0.05) is 0 Å². The maximum absolute atomic E-state index is 6.04. The van der Waals surface area contributed by atoms with Gasteiger partial charge in [0.25, 0.3) is 0 Å². The third-order valence-corrected chi connectivity index (χ3v) is 10.7. The maximum Gasteiger partial charge on any atom is 0.357 e. The molecule has 0 saturated heterocycles. The number of ether oxygens (including phenoxy) is 2. The fourth-order valence-corrected chi connectivity index (χ4v) is 7.74. The van der Waals surface area contributed by atoms with Crippen LogP contribution in [0.5, 0.6) is 23.0 Å². The minimum absolute atomic E-state index is 0.174. The van der Waals surface area contributed by atoms with Crippen LogP contribution in [-0.4, -0.2) is 0 Å². The zero-order valence-corrected chi connectivity index (χ0v) is 24.4. The second-order valence-corrected chi connectivity index (χ2v) is 14.4. The van der Waals surface area contributed by atoms with Gasteiger partial charge in [-0.15, -0.1) is 0 Å². The van der Waals surface area contributed by atoms with Crippen LogP contribution in [0.25, 0.3) is 0 Å². The second-order valence-electron chi connectivity index (χ2n) is 8.36. The van der Waals surface area contributed by atoms with E-state index in [0.717, 1.165) is 23.0 Å². The van der Waals surface area contributed by atoms with E-state index in [1.54, 1.807) is 0 Å². The van der Waals surface area contributed by atoms with Gasteiger partial charge in [-0.05, 0) is 111 Å². The first-order chi connectivity index (χ1) is 17.6. The molecule has 0 aliphatic carbocycles. The van der Waals surface area contributed by atoms with Gasteiger partial charge in [-0.3, -0.25) is 0 Å². The van der Waals surface area contributed by atoms with Crippen molar-refractivity contribution in [3.05, 3.63) is 147 Å². The lowest BCUT2D eigenvalue weighted by atomic mass is 10.2. The average molecular weight is 696 g/mol. The molecular weight excluding hydrogens is 670 g/mol. The van der Waals surface area contributed by atoms with Crippen molar-refractivity contribution in [1.29, 1.82) is 0 Å². The number of halogens is 2. The average Bonchev–Trinajstić information content (AvgIpc) is 2.90. The Morgan fingerprint density at radius 1 is 0.333 bits per heavy atom. The number of hydrogen-bond donors (Lipinski definition) is 0. The Kier molecular flexibility index (Phi) is 8.23. The Hall–Kier alpha value is -2.84. The Morgan fingerprint density at radius 3 is 0.833 bits per heavy atom. The summed E-state index contributed by atoms with van der Waals surface area (Å²) in [5.41, 5.74) is 2.60. The van der Waals surface area contributed by atoms with E-state index in [2.05, 4.69) is 111 Å². The van der Waals surface area contributed by atoms with E-state index in [1.807, 2.05) is 24.3 Å². The first-order valence-corrected chi connectivity index (χ1v) is 16.0. The summed E-state index contributed by atoms with van der Waals surface area (Å²) >= 11 is -0.348. The van der Waals surface area contributed by atoms with Gasteiger partial charge < -0.3 is 9.47 Å². The van der Waals surface area contributed by atoms with Crippen molar-refractivity contribution in [2.75, 3.05) is 0 Å². The predicted molar refractivity (Wildman–Crippen MR) is 137 cm³/mol. The quantitative estimate of drug-likeness (QED) is 0.232. The molecule has 0 bridgehead atoms. The monoisotopic (exact) mass is 696 g/mol. The lowest BCUT2D eigenvalue weighted by Crippen LogP contribution is -3.61. The Labute approximate surface area is 233 Å². The number of aryl methyl sites for hydroxylation is 2. The largest absolute Gasteiger partial charge is 0.457 e. The maximum atomic E-state index is 6.04. The third-order valence-electron chi connectivity index (χ3n) is 5.38. The molecular formula is C32H26I2O2+2. The Morgan fingerprint density at radius 2 is 0.556 bits per heavy atom. The van der Waals surface area contributed by atoms with Crippen molar-refractivity contribution in [3.63, 3.8) is 0 Å². The van der Waals surface area contributed by atoms with Crippen molar-refractivity contribution >= 4 is 0 Å². The highest BCUT2D eigenvalue weighted by Crippen LogP contribution is 2.26. The molecule has 36 heavy (non-hydrogen) atoms. The molecule has 0 radical (unpaired) electrons. The first-order valence-electron chi connectivity index (χ1n) is 11.7. The Bertz CT molecular complexity index is 1280. The molecule has 0 amide bonds. The topological polar surface area (TPSA) is 18.5 Å². The Balaban J connectivity index is 1.14. The lowest BCUT2D eigenvalue weighted by molar-refractivity contribution is -0.597. The molecule has 0 unspecified atom stereocenters. The summed E-state index contributed by atoms with van der Waals surface area (Å²) in [6, 6.07) is 42.3. The minimum Gasteiger partial charge on any atom is -0.457 e. The van der Waals surface area contributed by atoms with Crippen molar-refractivity contribution in [2.24, 2.45) is 0 Å². The molecule has 0 heterocycles. The number of rotatable bonds is 8. The van der Waals surface area contributed by atoms with Crippen LogP contribution in [0.4, 0.5) is 0 Å². The van der Waals surface area contributed by atoms with Crippen LogP contribution >= 0.6 is 0 Å². The summed E-state index contributed by atoms with van der Waals surface area (Å²) < 4.78 is 17.7. The molecule has 0 N–H and O–H groups in total. The molecule has 178 valence electrons. The van der Waals surface area contributed by atoms with Gasteiger partial charge in [-0.25, -0.2) is 0 Å². The predicted octanol–water partition coefficient (Wildman–Crippen LogP) is 2.14. The molecule has 5 aromatic carbocycles. The van der Waals surface area contributed by atoms with Crippen LogP contribution < -0.4 is 51.9 Å². The summed E-state index contributed by atoms with van der Waals surface area (Å²) in [4.78, 5) is 0. The molecule has 0 saturated carbocycles. The SMILES string of the molecule is Cc1ccc([I+]c2ccc(Oc3ccc(Oc4ccc([I+]c5ccc(C)cc5)cc4)cc3)cc2)cc1. The summed E-state index contributed by atoms with van der Waals surface area (Å²) in [5.74, 6) is 3.27. The molecule has 2 nitrogen and oxygen atoms in total. The highest BCUT2D eigenvalue weighted by molar-refractivity contribution is 5.37. The lowest BCUT2D eigenvalue weighted by Gasteiger charge is -2.08. The van der Waals surface area contributed by atoms with Gasteiger partial charge >= 0.3 is 42.4 Å². The van der Waals surface area contributed by atoms with Gasteiger partial charge in [-0.2, -0.15) is 0 Å². The van der Waals surface area contributed by atoms with E-state index in [1.165, 1.54) is 25.4 Å². The zero-order chi connectivity index (χ0) is 24.7. The van der Waals surface area contributed by atoms with E-state index in [-0.39, 0.29) is 42.4 Å². The smallest absolute Gasteiger partial charge is 0.357 e. The van der Waals surface area contributed by atoms with Crippen LogP contribution in [0, 0.1) is 28.1 Å². The van der Waals surface area contributed by atoms with E-state index < -0.39 is 0 Å². The van der Waals surface area contributed by atoms with Gasteiger partial charge in [0.05, 0.1) is 0 Å². The zero-order valence-electron chi connectivity index (χ0n) is 20.1. The van der Waals surface area contributed by atoms with Crippen molar-refractivity contribution < 1.29 is 51.9 Å². The van der Waals surface area contributed by atoms with Gasteiger partial charge in [-0.1, -0.05) is 35.4 Å². The molecule has 0 aromatic heterocycles. The van der Waals surface area contributed by atoms with Crippen LogP contribution in [-0.2, 0) is 0 Å². The summed E-state index contributed by atoms with van der Waals surface area (Å²) in [5, 5.41) is 0. The van der Waals surface area contributed by atoms with E-state index in [0.29, 0.717) is 0 Å².